The monoisotopic (exact) mass is 279 g/mol. The number of amides is 1. The van der Waals surface area contributed by atoms with Gasteiger partial charge in [0, 0.05) is 6.20 Å². The molecule has 0 atom stereocenters. The molecule has 1 amide bonds. The summed E-state index contributed by atoms with van der Waals surface area (Å²) in [7, 11) is 0. The molecule has 0 radical (unpaired) electrons. The lowest BCUT2D eigenvalue weighted by Gasteiger charge is -2.19. The zero-order valence-corrected chi connectivity index (χ0v) is 11.3. The Hall–Kier alpha value is -2.15. The summed E-state index contributed by atoms with van der Waals surface area (Å²) in [5.41, 5.74) is -0.695. The van der Waals surface area contributed by atoms with E-state index in [2.05, 4.69) is 10.4 Å². The molecule has 19 heavy (non-hydrogen) atoms. The Morgan fingerprint density at radius 1 is 1.47 bits per heavy atom. The summed E-state index contributed by atoms with van der Waals surface area (Å²) in [6.45, 7) is 3.07. The molecule has 2 rings (SSSR count). The highest BCUT2D eigenvalue weighted by atomic mass is 32.1. The summed E-state index contributed by atoms with van der Waals surface area (Å²) < 4.78 is 1.30. The van der Waals surface area contributed by atoms with E-state index in [1.165, 1.54) is 42.3 Å². The Morgan fingerprint density at radius 2 is 2.21 bits per heavy atom. The van der Waals surface area contributed by atoms with Gasteiger partial charge in [0.15, 0.2) is 5.54 Å². The molecule has 0 spiro atoms. The van der Waals surface area contributed by atoms with Crippen LogP contribution in [-0.2, 0) is 10.3 Å². The number of thiophene rings is 1. The molecule has 0 fully saturated rings. The van der Waals surface area contributed by atoms with Crippen molar-refractivity contribution < 1.29 is 14.7 Å². The first-order chi connectivity index (χ1) is 8.91. The van der Waals surface area contributed by atoms with E-state index in [4.69, 9.17) is 5.11 Å². The second-order valence-corrected chi connectivity index (χ2v) is 5.42. The lowest BCUT2D eigenvalue weighted by molar-refractivity contribution is -0.146. The van der Waals surface area contributed by atoms with E-state index in [-0.39, 0.29) is 5.91 Å². The summed E-state index contributed by atoms with van der Waals surface area (Å²) in [5.74, 6) is -1.23. The average molecular weight is 279 g/mol. The summed E-state index contributed by atoms with van der Waals surface area (Å²) in [6.07, 6.45) is 2.93. The number of hydrogen-bond acceptors (Lipinski definition) is 4. The maximum Gasteiger partial charge on any atom is 0.331 e. The molecule has 0 unspecified atom stereocenters. The molecule has 2 N–H and O–H groups in total. The van der Waals surface area contributed by atoms with E-state index in [0.29, 0.717) is 10.6 Å². The van der Waals surface area contributed by atoms with Crippen LogP contribution in [0.1, 0.15) is 23.5 Å². The van der Waals surface area contributed by atoms with Crippen LogP contribution in [-0.4, -0.2) is 26.8 Å². The predicted octanol–water partition coefficient (Wildman–Crippen LogP) is 2.02. The van der Waals surface area contributed by atoms with Crippen molar-refractivity contribution >= 4 is 28.9 Å². The van der Waals surface area contributed by atoms with Gasteiger partial charge in [0.1, 0.15) is 0 Å². The molecule has 0 saturated heterocycles. The Bertz CT molecular complexity index is 602. The maximum atomic E-state index is 11.8. The highest BCUT2D eigenvalue weighted by Gasteiger charge is 2.30. The van der Waals surface area contributed by atoms with E-state index in [1.54, 1.807) is 12.1 Å². The van der Waals surface area contributed by atoms with Gasteiger partial charge in [0.25, 0.3) is 5.91 Å². The molecule has 0 aliphatic rings. The largest absolute Gasteiger partial charge is 0.479 e. The highest BCUT2D eigenvalue weighted by Crippen LogP contribution is 2.18. The quantitative estimate of drug-likeness (QED) is 0.896. The smallest absolute Gasteiger partial charge is 0.331 e. The van der Waals surface area contributed by atoms with Crippen LogP contribution >= 0.6 is 11.3 Å². The molecule has 7 heteroatoms. The topological polar surface area (TPSA) is 84.2 Å². The van der Waals surface area contributed by atoms with Gasteiger partial charge in [-0.15, -0.1) is 11.3 Å². The molecule has 0 saturated carbocycles. The number of carboxylic acid groups (broad SMARTS) is 1. The molecule has 2 heterocycles. The second kappa shape index (κ2) is 4.85. The Kier molecular flexibility index (Phi) is 3.39. The summed E-state index contributed by atoms with van der Waals surface area (Å²) in [5, 5.41) is 17.5. The van der Waals surface area contributed by atoms with Gasteiger partial charge in [-0.05, 0) is 25.3 Å². The molecular weight excluding hydrogens is 266 g/mol. The lowest BCUT2D eigenvalue weighted by Crippen LogP contribution is -2.35. The first-order valence-electron chi connectivity index (χ1n) is 5.54. The van der Waals surface area contributed by atoms with Gasteiger partial charge in [-0.2, -0.15) is 5.10 Å². The number of nitrogens with zero attached hydrogens (tertiary/aromatic N) is 2. The molecule has 0 aromatic carbocycles. The molecule has 0 aliphatic carbocycles. The summed E-state index contributed by atoms with van der Waals surface area (Å²) >= 11 is 1.33. The SMILES string of the molecule is CC(C)(C(=O)O)n1cc(NC(=O)c2cccs2)cn1. The third-order valence-electron chi connectivity index (χ3n) is 2.68. The number of hydrogen-bond donors (Lipinski definition) is 2. The van der Waals surface area contributed by atoms with Gasteiger partial charge in [-0.3, -0.25) is 9.48 Å². The number of anilines is 1. The van der Waals surface area contributed by atoms with Crippen LogP contribution in [0.25, 0.3) is 0 Å². The second-order valence-electron chi connectivity index (χ2n) is 4.47. The van der Waals surface area contributed by atoms with Crippen LogP contribution in [0.4, 0.5) is 5.69 Å². The number of nitrogens with one attached hydrogen (secondary N) is 1. The van der Waals surface area contributed by atoms with Crippen LogP contribution in [0, 0.1) is 0 Å². The van der Waals surface area contributed by atoms with Crippen LogP contribution in [0.15, 0.2) is 29.9 Å². The van der Waals surface area contributed by atoms with E-state index in [9.17, 15) is 9.59 Å². The minimum atomic E-state index is -1.16. The average Bonchev–Trinajstić information content (AvgIpc) is 2.99. The molecule has 0 bridgehead atoms. The maximum absolute atomic E-state index is 11.8. The van der Waals surface area contributed by atoms with Crippen LogP contribution in [0.5, 0.6) is 0 Å². The summed E-state index contributed by atoms with van der Waals surface area (Å²) in [4.78, 5) is 23.5. The van der Waals surface area contributed by atoms with Gasteiger partial charge >= 0.3 is 5.97 Å². The van der Waals surface area contributed by atoms with Crippen molar-refractivity contribution in [1.29, 1.82) is 0 Å². The molecule has 6 nitrogen and oxygen atoms in total. The standard InChI is InChI=1S/C12H13N3O3S/c1-12(2,11(17)18)15-7-8(6-13-15)14-10(16)9-4-3-5-19-9/h3-7H,1-2H3,(H,14,16)(H,17,18). The van der Waals surface area contributed by atoms with E-state index >= 15 is 0 Å². The van der Waals surface area contributed by atoms with Crippen molar-refractivity contribution in [3.8, 4) is 0 Å². The van der Waals surface area contributed by atoms with Crippen LogP contribution in [0.2, 0.25) is 0 Å². The van der Waals surface area contributed by atoms with Crippen molar-refractivity contribution in [3.63, 3.8) is 0 Å². The van der Waals surface area contributed by atoms with Gasteiger partial charge in [0.2, 0.25) is 0 Å². The fourth-order valence-electron chi connectivity index (χ4n) is 1.39. The number of rotatable bonds is 4. The molecule has 2 aromatic rings. The van der Waals surface area contributed by atoms with E-state index in [0.717, 1.165) is 0 Å². The van der Waals surface area contributed by atoms with Gasteiger partial charge in [-0.1, -0.05) is 6.07 Å². The van der Waals surface area contributed by atoms with Crippen molar-refractivity contribution in [2.45, 2.75) is 19.4 Å². The molecule has 0 aliphatic heterocycles. The number of carbonyl (C=O) groups is 2. The fourth-order valence-corrected chi connectivity index (χ4v) is 2.01. The fraction of sp³-hybridized carbons (Fsp3) is 0.250. The zero-order valence-electron chi connectivity index (χ0n) is 10.5. The number of aromatic nitrogens is 2. The Labute approximate surface area is 113 Å². The number of carbonyl (C=O) groups excluding carboxylic acids is 1. The third kappa shape index (κ3) is 2.65. The Balaban J connectivity index is 2.14. The van der Waals surface area contributed by atoms with E-state index in [1.807, 2.05) is 5.38 Å². The molecular formula is C12H13N3O3S. The highest BCUT2D eigenvalue weighted by molar-refractivity contribution is 7.12. The van der Waals surface area contributed by atoms with Gasteiger partial charge in [-0.25, -0.2) is 4.79 Å². The first-order valence-corrected chi connectivity index (χ1v) is 6.42. The predicted molar refractivity (Wildman–Crippen MR) is 71.5 cm³/mol. The third-order valence-corrected chi connectivity index (χ3v) is 3.55. The Morgan fingerprint density at radius 3 is 2.79 bits per heavy atom. The van der Waals surface area contributed by atoms with Crippen LogP contribution in [0.3, 0.4) is 0 Å². The molecule has 2 aromatic heterocycles. The summed E-state index contributed by atoms with van der Waals surface area (Å²) in [6, 6.07) is 3.50. The first kappa shape index (κ1) is 13.3. The minimum Gasteiger partial charge on any atom is -0.479 e. The van der Waals surface area contributed by atoms with Crippen molar-refractivity contribution in [1.82, 2.24) is 9.78 Å². The van der Waals surface area contributed by atoms with Gasteiger partial charge < -0.3 is 10.4 Å². The number of carboxylic acids is 1. The minimum absolute atomic E-state index is 0.234. The lowest BCUT2D eigenvalue weighted by atomic mass is 10.1. The van der Waals surface area contributed by atoms with E-state index < -0.39 is 11.5 Å². The van der Waals surface area contributed by atoms with Gasteiger partial charge in [0.05, 0.1) is 16.8 Å². The van der Waals surface area contributed by atoms with Crippen molar-refractivity contribution in [2.24, 2.45) is 0 Å². The molecule has 100 valence electrons. The van der Waals surface area contributed by atoms with Crippen molar-refractivity contribution in [3.05, 3.63) is 34.8 Å². The van der Waals surface area contributed by atoms with Crippen molar-refractivity contribution in [2.75, 3.05) is 5.32 Å². The zero-order chi connectivity index (χ0) is 14.0. The normalized spacial score (nSPS) is 11.3. The number of aliphatic carboxylic acids is 1. The van der Waals surface area contributed by atoms with Crippen LogP contribution < -0.4 is 5.32 Å².